The topological polar surface area (TPSA) is 87.5 Å². The number of unbranched alkanes of at least 4 members (excludes halogenated alkanes) is 6. The lowest BCUT2D eigenvalue weighted by Crippen LogP contribution is -2.33. The minimum atomic E-state index is 0.229. The van der Waals surface area contributed by atoms with E-state index >= 15 is 0 Å². The van der Waals surface area contributed by atoms with Gasteiger partial charge in [0.05, 0.1) is 12.3 Å². The molecule has 2 rings (SSSR count). The molecular weight excluding hydrogens is 350 g/mol. The van der Waals surface area contributed by atoms with Crippen LogP contribution in [0.2, 0.25) is 0 Å². The lowest BCUT2D eigenvalue weighted by atomic mass is 10.1. The molecule has 0 saturated carbocycles. The Hall–Kier alpha value is -3.07. The minimum Gasteiger partial charge on any atom is -0.494 e. The molecule has 0 aliphatic rings. The van der Waals surface area contributed by atoms with E-state index in [-0.39, 0.29) is 5.96 Å². The molecule has 1 aromatic heterocycles. The standard InChI is InChI=1S/C22H29N5O/c23-19-27(20-13-16-25-17-14-20)22(24)26-15-9-4-2-1-3-5-10-18-28-21-11-7-6-8-12-21/h6-8,11-14,16-17H,1-5,9-10,15,18H2,(H2,24,26). The first-order valence-electron chi connectivity index (χ1n) is 9.89. The smallest absolute Gasteiger partial charge is 0.209 e. The molecule has 28 heavy (non-hydrogen) atoms. The summed E-state index contributed by atoms with van der Waals surface area (Å²) in [7, 11) is 0. The van der Waals surface area contributed by atoms with Crippen LogP contribution >= 0.6 is 0 Å². The molecule has 0 spiro atoms. The summed E-state index contributed by atoms with van der Waals surface area (Å²) >= 11 is 0. The first kappa shape index (κ1) is 21.2. The number of nitrogens with two attached hydrogens (primary N) is 1. The molecule has 0 atom stereocenters. The zero-order chi connectivity index (χ0) is 19.9. The van der Waals surface area contributed by atoms with Gasteiger partial charge in [0, 0.05) is 18.9 Å². The third kappa shape index (κ3) is 8.09. The molecule has 6 heteroatoms. The Labute approximate surface area is 167 Å². The molecule has 0 aliphatic heterocycles. The maximum absolute atomic E-state index is 9.26. The molecule has 0 fully saturated rings. The Balaban J connectivity index is 1.48. The van der Waals surface area contributed by atoms with Crippen LogP contribution in [0.15, 0.2) is 59.9 Å². The quantitative estimate of drug-likeness (QED) is 0.193. The van der Waals surface area contributed by atoms with Crippen molar-refractivity contribution in [2.75, 3.05) is 18.1 Å². The summed E-state index contributed by atoms with van der Waals surface area (Å²) in [6.45, 7) is 1.42. The average molecular weight is 380 g/mol. The number of anilines is 1. The third-order valence-corrected chi connectivity index (χ3v) is 4.34. The fourth-order valence-corrected chi connectivity index (χ4v) is 2.80. The number of benzene rings is 1. The van der Waals surface area contributed by atoms with Crippen LogP contribution in [-0.4, -0.2) is 24.1 Å². The third-order valence-electron chi connectivity index (χ3n) is 4.34. The summed E-state index contributed by atoms with van der Waals surface area (Å²) in [4.78, 5) is 9.58. The van der Waals surface area contributed by atoms with Gasteiger partial charge >= 0.3 is 0 Å². The molecule has 0 saturated heterocycles. The molecule has 0 unspecified atom stereocenters. The molecule has 2 aromatic rings. The molecule has 0 aliphatic carbocycles. The first-order valence-corrected chi connectivity index (χ1v) is 9.89. The summed E-state index contributed by atoms with van der Waals surface area (Å²) in [6.07, 6.45) is 13.3. The number of para-hydroxylation sites is 1. The van der Waals surface area contributed by atoms with Gasteiger partial charge in [0.1, 0.15) is 5.75 Å². The number of nitrogens with zero attached hydrogens (tertiary/aromatic N) is 4. The number of aliphatic imine (C=N–C) groups is 1. The normalized spacial score (nSPS) is 11.0. The van der Waals surface area contributed by atoms with Gasteiger partial charge in [-0.25, -0.2) is 4.90 Å². The van der Waals surface area contributed by atoms with Crippen molar-refractivity contribution in [2.45, 2.75) is 44.9 Å². The molecule has 0 amide bonds. The second kappa shape index (κ2) is 13.2. The molecule has 0 bridgehead atoms. The summed E-state index contributed by atoms with van der Waals surface area (Å²) in [5.74, 6) is 1.17. The van der Waals surface area contributed by atoms with Gasteiger partial charge in [0.25, 0.3) is 0 Å². The van der Waals surface area contributed by atoms with E-state index in [0.717, 1.165) is 31.6 Å². The van der Waals surface area contributed by atoms with Gasteiger partial charge in [-0.15, -0.1) is 0 Å². The van der Waals surface area contributed by atoms with E-state index in [9.17, 15) is 5.26 Å². The molecule has 0 radical (unpaired) electrons. The Morgan fingerprint density at radius 3 is 2.29 bits per heavy atom. The van der Waals surface area contributed by atoms with Gasteiger partial charge in [0.15, 0.2) is 6.19 Å². The number of rotatable bonds is 12. The Morgan fingerprint density at radius 2 is 1.61 bits per heavy atom. The Bertz CT molecular complexity index is 728. The van der Waals surface area contributed by atoms with Crippen LogP contribution in [0.5, 0.6) is 5.75 Å². The van der Waals surface area contributed by atoms with Crippen LogP contribution < -0.4 is 15.4 Å². The van der Waals surface area contributed by atoms with Crippen LogP contribution in [0.1, 0.15) is 44.9 Å². The lowest BCUT2D eigenvalue weighted by molar-refractivity contribution is 0.304. The van der Waals surface area contributed by atoms with Crippen molar-refractivity contribution in [2.24, 2.45) is 10.7 Å². The van der Waals surface area contributed by atoms with Gasteiger partial charge in [-0.3, -0.25) is 9.98 Å². The van der Waals surface area contributed by atoms with Crippen molar-refractivity contribution in [1.82, 2.24) is 4.98 Å². The first-order chi connectivity index (χ1) is 13.8. The predicted octanol–water partition coefficient (Wildman–Crippen LogP) is 4.49. The maximum atomic E-state index is 9.26. The van der Waals surface area contributed by atoms with Crippen molar-refractivity contribution in [3.63, 3.8) is 0 Å². The van der Waals surface area contributed by atoms with E-state index < -0.39 is 0 Å². The van der Waals surface area contributed by atoms with Crippen molar-refractivity contribution < 1.29 is 4.74 Å². The second-order valence-corrected chi connectivity index (χ2v) is 6.52. The van der Waals surface area contributed by atoms with Gasteiger partial charge in [-0.05, 0) is 37.1 Å². The molecule has 2 N–H and O–H groups in total. The van der Waals surface area contributed by atoms with Crippen LogP contribution in [0, 0.1) is 11.5 Å². The molecule has 1 aromatic carbocycles. The number of guanidine groups is 1. The molecule has 6 nitrogen and oxygen atoms in total. The number of pyridine rings is 1. The fraction of sp³-hybridized carbons (Fsp3) is 0.409. The largest absolute Gasteiger partial charge is 0.494 e. The Kier molecular flexibility index (Phi) is 9.97. The highest BCUT2D eigenvalue weighted by Crippen LogP contribution is 2.12. The highest BCUT2D eigenvalue weighted by molar-refractivity contribution is 5.97. The van der Waals surface area contributed by atoms with E-state index in [0.29, 0.717) is 12.2 Å². The van der Waals surface area contributed by atoms with Gasteiger partial charge < -0.3 is 10.5 Å². The lowest BCUT2D eigenvalue weighted by Gasteiger charge is -2.13. The number of hydrogen-bond donors (Lipinski definition) is 1. The maximum Gasteiger partial charge on any atom is 0.209 e. The van der Waals surface area contributed by atoms with E-state index in [4.69, 9.17) is 10.5 Å². The number of hydrogen-bond acceptors (Lipinski definition) is 4. The molecule has 148 valence electrons. The Morgan fingerprint density at radius 1 is 0.964 bits per heavy atom. The number of aromatic nitrogens is 1. The zero-order valence-electron chi connectivity index (χ0n) is 16.3. The van der Waals surface area contributed by atoms with Crippen LogP contribution in [0.25, 0.3) is 0 Å². The van der Waals surface area contributed by atoms with E-state index in [2.05, 4.69) is 16.2 Å². The molecule has 1 heterocycles. The van der Waals surface area contributed by atoms with E-state index in [1.165, 1.54) is 30.6 Å². The van der Waals surface area contributed by atoms with Crippen molar-refractivity contribution >= 4 is 11.6 Å². The van der Waals surface area contributed by atoms with Gasteiger partial charge in [-0.1, -0.05) is 50.3 Å². The fourth-order valence-electron chi connectivity index (χ4n) is 2.80. The van der Waals surface area contributed by atoms with E-state index in [1.54, 1.807) is 24.5 Å². The summed E-state index contributed by atoms with van der Waals surface area (Å²) < 4.78 is 5.69. The van der Waals surface area contributed by atoms with E-state index in [1.807, 2.05) is 30.3 Å². The van der Waals surface area contributed by atoms with Gasteiger partial charge in [0.2, 0.25) is 5.96 Å². The number of nitriles is 1. The van der Waals surface area contributed by atoms with Crippen molar-refractivity contribution in [3.05, 3.63) is 54.9 Å². The summed E-state index contributed by atoms with van der Waals surface area (Å²) in [5.41, 5.74) is 6.61. The van der Waals surface area contributed by atoms with Crippen molar-refractivity contribution in [3.8, 4) is 11.9 Å². The van der Waals surface area contributed by atoms with Crippen LogP contribution in [0.3, 0.4) is 0 Å². The van der Waals surface area contributed by atoms with Crippen molar-refractivity contribution in [1.29, 1.82) is 5.26 Å². The van der Waals surface area contributed by atoms with Crippen LogP contribution in [0.4, 0.5) is 5.69 Å². The number of ether oxygens (including phenoxy) is 1. The second-order valence-electron chi connectivity index (χ2n) is 6.52. The van der Waals surface area contributed by atoms with Gasteiger partial charge in [-0.2, -0.15) is 5.26 Å². The zero-order valence-corrected chi connectivity index (χ0v) is 16.3. The average Bonchev–Trinajstić information content (AvgIpc) is 2.74. The predicted molar refractivity (Wildman–Crippen MR) is 113 cm³/mol. The monoisotopic (exact) mass is 379 g/mol. The summed E-state index contributed by atoms with van der Waals surface area (Å²) in [6, 6.07) is 13.4. The summed E-state index contributed by atoms with van der Waals surface area (Å²) in [5, 5.41) is 9.26. The van der Waals surface area contributed by atoms with Crippen LogP contribution in [-0.2, 0) is 0 Å². The molecular formula is C22H29N5O. The highest BCUT2D eigenvalue weighted by atomic mass is 16.5. The minimum absolute atomic E-state index is 0.229. The highest BCUT2D eigenvalue weighted by Gasteiger charge is 2.08. The SMILES string of the molecule is N#CN(C(N)=NCCCCCCCCCOc1ccccc1)c1ccncc1.